The first-order valence-electron chi connectivity index (χ1n) is 7.06. The van der Waals surface area contributed by atoms with Crippen LogP contribution in [0.3, 0.4) is 0 Å². The van der Waals surface area contributed by atoms with Crippen molar-refractivity contribution >= 4 is 0 Å². The summed E-state index contributed by atoms with van der Waals surface area (Å²) in [5, 5.41) is 7.23. The summed E-state index contributed by atoms with van der Waals surface area (Å²) in [6.07, 6.45) is 3.03. The van der Waals surface area contributed by atoms with E-state index in [0.29, 0.717) is 11.6 Å². The minimum atomic E-state index is 0.428. The Kier molecular flexibility index (Phi) is 4.41. The molecule has 2 unspecified atom stereocenters. The van der Waals surface area contributed by atoms with Gasteiger partial charge in [0.15, 0.2) is 0 Å². The molecule has 2 atom stereocenters. The SMILES string of the molecule is CC(C)(C)C1CCC(NCc2ccccc2)NC1. The molecule has 2 rings (SSSR count). The van der Waals surface area contributed by atoms with Gasteiger partial charge in [0, 0.05) is 6.54 Å². The van der Waals surface area contributed by atoms with Crippen LogP contribution >= 0.6 is 0 Å². The van der Waals surface area contributed by atoms with Crippen LogP contribution in [0.5, 0.6) is 0 Å². The van der Waals surface area contributed by atoms with Gasteiger partial charge < -0.3 is 5.32 Å². The Bertz CT molecular complexity index is 345. The molecule has 0 amide bonds. The van der Waals surface area contributed by atoms with Crippen LogP contribution in [0.15, 0.2) is 30.3 Å². The Morgan fingerprint density at radius 3 is 2.44 bits per heavy atom. The molecule has 1 aliphatic rings. The van der Waals surface area contributed by atoms with Gasteiger partial charge in [0.2, 0.25) is 0 Å². The van der Waals surface area contributed by atoms with Crippen LogP contribution in [0.4, 0.5) is 0 Å². The maximum absolute atomic E-state index is 3.63. The van der Waals surface area contributed by atoms with Gasteiger partial charge in [-0.15, -0.1) is 0 Å². The molecule has 100 valence electrons. The quantitative estimate of drug-likeness (QED) is 0.856. The summed E-state index contributed by atoms with van der Waals surface area (Å²) in [6, 6.07) is 10.6. The summed E-state index contributed by atoms with van der Waals surface area (Å²) >= 11 is 0. The monoisotopic (exact) mass is 246 g/mol. The molecule has 18 heavy (non-hydrogen) atoms. The lowest BCUT2D eigenvalue weighted by molar-refractivity contribution is 0.160. The first-order chi connectivity index (χ1) is 8.55. The first kappa shape index (κ1) is 13.6. The lowest BCUT2D eigenvalue weighted by Gasteiger charge is -2.38. The lowest BCUT2D eigenvalue weighted by Crippen LogP contribution is -2.49. The molecule has 2 nitrogen and oxygen atoms in total. The van der Waals surface area contributed by atoms with E-state index in [9.17, 15) is 0 Å². The average Bonchev–Trinajstić information content (AvgIpc) is 2.37. The van der Waals surface area contributed by atoms with Gasteiger partial charge in [0.05, 0.1) is 6.17 Å². The fourth-order valence-electron chi connectivity index (χ4n) is 2.61. The highest BCUT2D eigenvalue weighted by Crippen LogP contribution is 2.31. The summed E-state index contributed by atoms with van der Waals surface area (Å²) in [7, 11) is 0. The second-order valence-corrected chi connectivity index (χ2v) is 6.47. The van der Waals surface area contributed by atoms with Crippen molar-refractivity contribution in [3.05, 3.63) is 35.9 Å². The van der Waals surface area contributed by atoms with Crippen molar-refractivity contribution in [1.82, 2.24) is 10.6 Å². The van der Waals surface area contributed by atoms with Crippen molar-refractivity contribution in [2.24, 2.45) is 11.3 Å². The zero-order chi connectivity index (χ0) is 13.0. The molecule has 1 aliphatic heterocycles. The van der Waals surface area contributed by atoms with Crippen LogP contribution in [0.1, 0.15) is 39.2 Å². The zero-order valence-corrected chi connectivity index (χ0v) is 11.9. The van der Waals surface area contributed by atoms with E-state index in [1.807, 2.05) is 0 Å². The highest BCUT2D eigenvalue weighted by Gasteiger charge is 2.28. The molecular weight excluding hydrogens is 220 g/mol. The van der Waals surface area contributed by atoms with E-state index in [1.165, 1.54) is 18.4 Å². The van der Waals surface area contributed by atoms with Gasteiger partial charge in [-0.25, -0.2) is 0 Å². The number of nitrogens with one attached hydrogen (secondary N) is 2. The van der Waals surface area contributed by atoms with Gasteiger partial charge in [-0.1, -0.05) is 51.1 Å². The van der Waals surface area contributed by atoms with Crippen LogP contribution in [0.2, 0.25) is 0 Å². The van der Waals surface area contributed by atoms with E-state index in [0.717, 1.165) is 19.0 Å². The molecule has 0 radical (unpaired) electrons. The smallest absolute Gasteiger partial charge is 0.0574 e. The minimum absolute atomic E-state index is 0.428. The highest BCUT2D eigenvalue weighted by atomic mass is 15.1. The Balaban J connectivity index is 1.74. The maximum atomic E-state index is 3.63. The largest absolute Gasteiger partial charge is 0.302 e. The zero-order valence-electron chi connectivity index (χ0n) is 11.9. The van der Waals surface area contributed by atoms with Crippen LogP contribution in [-0.4, -0.2) is 12.7 Å². The number of benzene rings is 1. The number of rotatable bonds is 3. The normalized spacial score (nSPS) is 25.1. The van der Waals surface area contributed by atoms with Crippen LogP contribution in [0, 0.1) is 11.3 Å². The molecule has 0 bridgehead atoms. The standard InChI is InChI=1S/C16H26N2/c1-16(2,3)14-9-10-15(18-12-14)17-11-13-7-5-4-6-8-13/h4-8,14-15,17-18H,9-12H2,1-3H3. The summed E-state index contributed by atoms with van der Waals surface area (Å²) in [5.41, 5.74) is 1.79. The average molecular weight is 246 g/mol. The molecule has 0 aromatic heterocycles. The first-order valence-corrected chi connectivity index (χ1v) is 7.06. The third kappa shape index (κ3) is 3.82. The predicted octanol–water partition coefficient (Wildman–Crippen LogP) is 3.15. The number of hydrogen-bond acceptors (Lipinski definition) is 2. The second kappa shape index (κ2) is 5.85. The summed E-state index contributed by atoms with van der Waals surface area (Å²) < 4.78 is 0. The predicted molar refractivity (Wildman–Crippen MR) is 77.3 cm³/mol. The van der Waals surface area contributed by atoms with E-state index in [4.69, 9.17) is 0 Å². The van der Waals surface area contributed by atoms with Gasteiger partial charge in [-0.05, 0) is 36.3 Å². The maximum Gasteiger partial charge on any atom is 0.0574 e. The molecule has 1 fully saturated rings. The van der Waals surface area contributed by atoms with Crippen molar-refractivity contribution in [2.75, 3.05) is 6.54 Å². The molecule has 1 aromatic rings. The Morgan fingerprint density at radius 1 is 1.17 bits per heavy atom. The van der Waals surface area contributed by atoms with Gasteiger partial charge in [-0.3, -0.25) is 5.32 Å². The third-order valence-corrected chi connectivity index (χ3v) is 4.03. The molecule has 1 saturated heterocycles. The lowest BCUT2D eigenvalue weighted by atomic mass is 9.76. The molecule has 0 aliphatic carbocycles. The van der Waals surface area contributed by atoms with E-state index in [1.54, 1.807) is 0 Å². The number of piperidine rings is 1. The van der Waals surface area contributed by atoms with Crippen molar-refractivity contribution in [3.8, 4) is 0 Å². The fourth-order valence-corrected chi connectivity index (χ4v) is 2.61. The molecule has 0 saturated carbocycles. The van der Waals surface area contributed by atoms with Crippen molar-refractivity contribution in [1.29, 1.82) is 0 Å². The molecular formula is C16H26N2. The molecule has 1 heterocycles. The minimum Gasteiger partial charge on any atom is -0.302 e. The van der Waals surface area contributed by atoms with Crippen molar-refractivity contribution in [3.63, 3.8) is 0 Å². The summed E-state index contributed by atoms with van der Waals surface area (Å²) in [5.74, 6) is 0.798. The summed E-state index contributed by atoms with van der Waals surface area (Å²) in [6.45, 7) is 9.12. The second-order valence-electron chi connectivity index (χ2n) is 6.47. The van der Waals surface area contributed by atoms with Crippen LogP contribution in [0.25, 0.3) is 0 Å². The van der Waals surface area contributed by atoms with E-state index in [-0.39, 0.29) is 0 Å². The van der Waals surface area contributed by atoms with E-state index in [2.05, 4.69) is 61.7 Å². The topological polar surface area (TPSA) is 24.1 Å². The highest BCUT2D eigenvalue weighted by molar-refractivity contribution is 5.14. The molecule has 0 spiro atoms. The Hall–Kier alpha value is -0.860. The van der Waals surface area contributed by atoms with Crippen LogP contribution < -0.4 is 10.6 Å². The van der Waals surface area contributed by atoms with Gasteiger partial charge in [0.1, 0.15) is 0 Å². The third-order valence-electron chi connectivity index (χ3n) is 4.03. The van der Waals surface area contributed by atoms with Gasteiger partial charge in [0.25, 0.3) is 0 Å². The Labute approximate surface area is 111 Å². The molecule has 2 heteroatoms. The fraction of sp³-hybridized carbons (Fsp3) is 0.625. The van der Waals surface area contributed by atoms with Crippen molar-refractivity contribution < 1.29 is 0 Å². The van der Waals surface area contributed by atoms with Crippen LogP contribution in [-0.2, 0) is 6.54 Å². The van der Waals surface area contributed by atoms with Crippen molar-refractivity contribution in [2.45, 2.75) is 46.3 Å². The number of hydrogen-bond donors (Lipinski definition) is 2. The van der Waals surface area contributed by atoms with Gasteiger partial charge in [-0.2, -0.15) is 0 Å². The molecule has 2 N–H and O–H groups in total. The van der Waals surface area contributed by atoms with Gasteiger partial charge >= 0.3 is 0 Å². The molecule has 1 aromatic carbocycles. The summed E-state index contributed by atoms with van der Waals surface area (Å²) in [4.78, 5) is 0. The van der Waals surface area contributed by atoms with E-state index >= 15 is 0 Å². The Morgan fingerprint density at radius 2 is 1.89 bits per heavy atom. The van der Waals surface area contributed by atoms with E-state index < -0.39 is 0 Å².